The maximum Gasteiger partial charge on any atom is 0.488 e. The number of nitrogens with zero attached hydrogens (tertiary/aromatic N) is 2. The van der Waals surface area contributed by atoms with Crippen molar-refractivity contribution >= 4 is 12.6 Å². The Kier molecular flexibility index (Phi) is 4.39. The first-order valence-electron chi connectivity index (χ1n) is 6.38. The molecule has 0 aliphatic rings. The lowest BCUT2D eigenvalue weighted by Crippen LogP contribution is -2.41. The average Bonchev–Trinajstić information content (AvgIpc) is 2.44. The van der Waals surface area contributed by atoms with E-state index in [1.54, 1.807) is 6.92 Å². The second-order valence-corrected chi connectivity index (χ2v) is 4.53. The van der Waals surface area contributed by atoms with Crippen molar-refractivity contribution in [1.82, 2.24) is 9.13 Å². The first-order chi connectivity index (χ1) is 9.93. The minimum absolute atomic E-state index is 0.0757. The van der Waals surface area contributed by atoms with E-state index in [0.29, 0.717) is 12.1 Å². The summed E-state index contributed by atoms with van der Waals surface area (Å²) in [6.45, 7) is 2.00. The van der Waals surface area contributed by atoms with Gasteiger partial charge in [-0.25, -0.2) is 9.18 Å². The van der Waals surface area contributed by atoms with Gasteiger partial charge >= 0.3 is 12.8 Å². The molecule has 1 heterocycles. The van der Waals surface area contributed by atoms with Gasteiger partial charge in [0.2, 0.25) is 0 Å². The fourth-order valence-electron chi connectivity index (χ4n) is 2.06. The average molecular weight is 292 g/mol. The summed E-state index contributed by atoms with van der Waals surface area (Å²) in [6, 6.07) is 4.67. The zero-order chi connectivity index (χ0) is 15.6. The molecule has 2 aromatic rings. The van der Waals surface area contributed by atoms with Gasteiger partial charge in [-0.1, -0.05) is 6.07 Å². The van der Waals surface area contributed by atoms with Crippen molar-refractivity contribution in [2.45, 2.75) is 20.0 Å². The van der Waals surface area contributed by atoms with Crippen molar-refractivity contribution in [2.24, 2.45) is 0 Å². The third-order valence-corrected chi connectivity index (χ3v) is 3.19. The van der Waals surface area contributed by atoms with Crippen molar-refractivity contribution in [2.75, 3.05) is 0 Å². The van der Waals surface area contributed by atoms with Crippen LogP contribution in [0.2, 0.25) is 0 Å². The number of aromatic nitrogens is 2. The summed E-state index contributed by atoms with van der Waals surface area (Å²) in [5.41, 5.74) is -0.798. The van der Waals surface area contributed by atoms with E-state index in [2.05, 4.69) is 0 Å². The monoisotopic (exact) mass is 292 g/mol. The zero-order valence-corrected chi connectivity index (χ0v) is 11.4. The molecule has 0 aliphatic carbocycles. The van der Waals surface area contributed by atoms with Crippen LogP contribution in [-0.2, 0) is 13.1 Å². The summed E-state index contributed by atoms with van der Waals surface area (Å²) in [6.07, 6.45) is 1.40. The Morgan fingerprint density at radius 2 is 1.95 bits per heavy atom. The van der Waals surface area contributed by atoms with E-state index >= 15 is 0 Å². The molecule has 0 atom stereocenters. The van der Waals surface area contributed by atoms with E-state index in [-0.39, 0.29) is 12.0 Å². The molecule has 0 unspecified atom stereocenters. The molecule has 0 amide bonds. The van der Waals surface area contributed by atoms with Crippen LogP contribution < -0.4 is 16.7 Å². The number of aryl methyl sites for hydroxylation is 1. The summed E-state index contributed by atoms with van der Waals surface area (Å²) in [4.78, 5) is 23.9. The number of benzene rings is 1. The predicted octanol–water partition coefficient (Wildman–Crippen LogP) is -1.10. The van der Waals surface area contributed by atoms with Crippen LogP contribution in [0.4, 0.5) is 4.39 Å². The molecule has 1 aromatic carbocycles. The van der Waals surface area contributed by atoms with Gasteiger partial charge < -0.3 is 14.6 Å². The second-order valence-electron chi connectivity index (χ2n) is 4.53. The Bertz CT molecular complexity index is 769. The molecule has 6 nitrogen and oxygen atoms in total. The number of hydrogen-bond donors (Lipinski definition) is 2. The Hall–Kier alpha value is -2.19. The van der Waals surface area contributed by atoms with Crippen LogP contribution in [0.25, 0.3) is 0 Å². The van der Waals surface area contributed by atoms with Crippen molar-refractivity contribution in [1.29, 1.82) is 0 Å². The highest BCUT2D eigenvalue weighted by atomic mass is 19.1. The van der Waals surface area contributed by atoms with E-state index in [0.717, 1.165) is 16.7 Å². The molecular formula is C13H14BFN2O4. The van der Waals surface area contributed by atoms with Crippen LogP contribution in [0.3, 0.4) is 0 Å². The zero-order valence-electron chi connectivity index (χ0n) is 11.4. The summed E-state index contributed by atoms with van der Waals surface area (Å²) in [7, 11) is -1.89. The van der Waals surface area contributed by atoms with Crippen molar-refractivity contribution in [3.63, 3.8) is 0 Å². The van der Waals surface area contributed by atoms with Crippen LogP contribution >= 0.6 is 0 Å². The third kappa shape index (κ3) is 3.12. The van der Waals surface area contributed by atoms with E-state index in [1.165, 1.54) is 22.9 Å². The SMILES string of the molecule is CCn1ccc(=O)n(Cc2ccc(F)cc2B(O)O)c1=O. The lowest BCUT2D eigenvalue weighted by molar-refractivity contribution is 0.424. The van der Waals surface area contributed by atoms with E-state index in [9.17, 15) is 24.0 Å². The number of hydrogen-bond acceptors (Lipinski definition) is 4. The molecule has 1 aromatic heterocycles. The van der Waals surface area contributed by atoms with Gasteiger partial charge in [-0.15, -0.1) is 0 Å². The largest absolute Gasteiger partial charge is 0.488 e. The lowest BCUT2D eigenvalue weighted by atomic mass is 9.77. The quantitative estimate of drug-likeness (QED) is 0.700. The second kappa shape index (κ2) is 6.07. The molecule has 21 heavy (non-hydrogen) atoms. The van der Waals surface area contributed by atoms with Crippen LogP contribution in [0.5, 0.6) is 0 Å². The first-order valence-corrected chi connectivity index (χ1v) is 6.38. The Labute approximate surface area is 119 Å². The maximum atomic E-state index is 13.2. The molecule has 0 saturated heterocycles. The Morgan fingerprint density at radius 1 is 1.24 bits per heavy atom. The van der Waals surface area contributed by atoms with Gasteiger partial charge in [-0.3, -0.25) is 9.36 Å². The molecule has 2 rings (SSSR count). The third-order valence-electron chi connectivity index (χ3n) is 3.19. The highest BCUT2D eigenvalue weighted by Crippen LogP contribution is 2.02. The van der Waals surface area contributed by atoms with Gasteiger partial charge in [-0.2, -0.15) is 0 Å². The van der Waals surface area contributed by atoms with Gasteiger partial charge in [0, 0.05) is 18.8 Å². The lowest BCUT2D eigenvalue weighted by Gasteiger charge is -2.12. The van der Waals surface area contributed by atoms with Crippen molar-refractivity contribution < 1.29 is 14.4 Å². The van der Waals surface area contributed by atoms with E-state index < -0.39 is 24.2 Å². The summed E-state index contributed by atoms with van der Waals surface area (Å²) in [5, 5.41) is 18.5. The van der Waals surface area contributed by atoms with Gasteiger partial charge in [0.05, 0.1) is 6.54 Å². The van der Waals surface area contributed by atoms with E-state index in [4.69, 9.17) is 0 Å². The summed E-state index contributed by atoms with van der Waals surface area (Å²) < 4.78 is 15.5. The molecule has 0 spiro atoms. The number of rotatable bonds is 4. The van der Waals surface area contributed by atoms with Gasteiger partial charge in [0.25, 0.3) is 5.56 Å². The number of halogens is 1. The topological polar surface area (TPSA) is 84.5 Å². The van der Waals surface area contributed by atoms with Crippen molar-refractivity contribution in [3.8, 4) is 0 Å². The minimum Gasteiger partial charge on any atom is -0.423 e. The van der Waals surface area contributed by atoms with Gasteiger partial charge in [-0.05, 0) is 30.1 Å². The van der Waals surface area contributed by atoms with Crippen molar-refractivity contribution in [3.05, 3.63) is 62.7 Å². The Balaban J connectivity index is 2.53. The molecular weight excluding hydrogens is 278 g/mol. The molecule has 0 bridgehead atoms. The highest BCUT2D eigenvalue weighted by molar-refractivity contribution is 6.59. The smallest absolute Gasteiger partial charge is 0.423 e. The van der Waals surface area contributed by atoms with Crippen LogP contribution in [-0.4, -0.2) is 26.3 Å². The summed E-state index contributed by atoms with van der Waals surface area (Å²) in [5.74, 6) is -0.631. The predicted molar refractivity (Wildman–Crippen MR) is 76.0 cm³/mol. The molecule has 8 heteroatoms. The molecule has 110 valence electrons. The molecule has 0 aliphatic heterocycles. The van der Waals surface area contributed by atoms with E-state index in [1.807, 2.05) is 0 Å². The maximum absolute atomic E-state index is 13.2. The first kappa shape index (κ1) is 15.2. The van der Waals surface area contributed by atoms with Crippen LogP contribution in [0, 0.1) is 5.82 Å². The standard InChI is InChI=1S/C13H14BFN2O4/c1-2-16-6-5-12(18)17(13(16)19)8-9-3-4-10(15)7-11(9)14(20)21/h3-7,20-21H,2,8H2,1H3. The van der Waals surface area contributed by atoms with Gasteiger partial charge in [0.1, 0.15) is 5.82 Å². The highest BCUT2D eigenvalue weighted by Gasteiger charge is 2.18. The fraction of sp³-hybridized carbons (Fsp3) is 0.231. The molecule has 0 fully saturated rings. The van der Waals surface area contributed by atoms with Gasteiger partial charge in [0.15, 0.2) is 0 Å². The fourth-order valence-corrected chi connectivity index (χ4v) is 2.06. The van der Waals surface area contributed by atoms with Crippen LogP contribution in [0.1, 0.15) is 12.5 Å². The molecule has 0 radical (unpaired) electrons. The minimum atomic E-state index is -1.89. The molecule has 2 N–H and O–H groups in total. The normalized spacial score (nSPS) is 10.7. The Morgan fingerprint density at radius 3 is 2.57 bits per heavy atom. The van der Waals surface area contributed by atoms with Crippen LogP contribution in [0.15, 0.2) is 40.1 Å². The summed E-state index contributed by atoms with van der Waals surface area (Å²) >= 11 is 0. The molecule has 0 saturated carbocycles.